The van der Waals surface area contributed by atoms with Gasteiger partial charge < -0.3 is 9.72 Å². The highest BCUT2D eigenvalue weighted by Gasteiger charge is 2.24. The van der Waals surface area contributed by atoms with Crippen molar-refractivity contribution in [2.24, 2.45) is 0 Å². The summed E-state index contributed by atoms with van der Waals surface area (Å²) >= 11 is 1.82. The predicted molar refractivity (Wildman–Crippen MR) is 153 cm³/mol. The first-order valence-corrected chi connectivity index (χ1v) is 13.8. The SMILES string of the molecule is CCCCB(c1ccccc1OC)c1ccccc1SC.CCc1cc(F)cc(Cc2ncc[nH]2)c1. The number of nitrogens with zero attached hydrogens (tertiary/aromatic N) is 1. The molecule has 1 aromatic heterocycles. The number of aromatic amines is 1. The number of nitrogens with one attached hydrogen (secondary N) is 1. The second kappa shape index (κ2) is 14.5. The Kier molecular flexibility index (Phi) is 11.2. The highest BCUT2D eigenvalue weighted by atomic mass is 32.2. The maximum Gasteiger partial charge on any atom is 0.215 e. The molecular formula is C30H36BFN2OS. The van der Waals surface area contributed by atoms with Gasteiger partial charge in [-0.15, -0.1) is 11.8 Å². The van der Waals surface area contributed by atoms with Crippen LogP contribution in [0.4, 0.5) is 4.39 Å². The van der Waals surface area contributed by atoms with E-state index in [1.807, 2.05) is 30.8 Å². The van der Waals surface area contributed by atoms with Gasteiger partial charge in [0.15, 0.2) is 0 Å². The van der Waals surface area contributed by atoms with Gasteiger partial charge in [0.05, 0.1) is 7.11 Å². The van der Waals surface area contributed by atoms with Crippen LogP contribution in [0.15, 0.2) is 84.0 Å². The fourth-order valence-corrected chi connectivity index (χ4v) is 5.07. The third kappa shape index (κ3) is 7.76. The van der Waals surface area contributed by atoms with Gasteiger partial charge in [0, 0.05) is 23.7 Å². The Morgan fingerprint density at radius 3 is 2.36 bits per heavy atom. The van der Waals surface area contributed by atoms with Crippen molar-refractivity contribution in [1.29, 1.82) is 0 Å². The molecule has 0 spiro atoms. The Morgan fingerprint density at radius 2 is 1.69 bits per heavy atom. The molecule has 0 amide bonds. The van der Waals surface area contributed by atoms with E-state index < -0.39 is 0 Å². The molecule has 0 fully saturated rings. The average molecular weight is 503 g/mol. The zero-order valence-electron chi connectivity index (χ0n) is 21.8. The molecule has 4 aromatic rings. The van der Waals surface area contributed by atoms with Crippen LogP contribution in [0.25, 0.3) is 0 Å². The number of unbranched alkanes of at least 4 members (excludes halogenated alkanes) is 1. The number of methoxy groups -OCH3 is 1. The summed E-state index contributed by atoms with van der Waals surface area (Å²) < 4.78 is 18.8. The smallest absolute Gasteiger partial charge is 0.215 e. The minimum absolute atomic E-state index is 0.170. The standard InChI is InChI=1S/C18H23BOS.C12H13FN2/c1-4-5-14-19(15-10-6-8-12-17(15)20-2)16-11-7-9-13-18(16)21-3;1-2-9-5-10(7-11(13)6-9)8-12-14-3-4-15-12/h6-13H,4-5,14H2,1-3H3;3-7H,2,8H2,1H3,(H,14,15). The maximum absolute atomic E-state index is 13.2. The molecule has 0 saturated heterocycles. The second-order valence-electron chi connectivity index (χ2n) is 8.71. The van der Waals surface area contributed by atoms with Crippen LogP contribution in [0.2, 0.25) is 6.32 Å². The van der Waals surface area contributed by atoms with Crippen LogP contribution in [-0.4, -0.2) is 30.0 Å². The van der Waals surface area contributed by atoms with Gasteiger partial charge in [0.2, 0.25) is 6.71 Å². The van der Waals surface area contributed by atoms with E-state index in [1.165, 1.54) is 28.7 Å². The van der Waals surface area contributed by atoms with E-state index in [4.69, 9.17) is 4.74 Å². The largest absolute Gasteiger partial charge is 0.497 e. The van der Waals surface area contributed by atoms with Crippen molar-refractivity contribution in [3.05, 3.63) is 102 Å². The van der Waals surface area contributed by atoms with Crippen molar-refractivity contribution in [3.8, 4) is 5.75 Å². The first-order chi connectivity index (χ1) is 17.6. The second-order valence-corrected chi connectivity index (χ2v) is 9.56. The molecule has 188 valence electrons. The molecule has 4 rings (SSSR count). The molecule has 36 heavy (non-hydrogen) atoms. The molecule has 0 aliphatic carbocycles. The lowest BCUT2D eigenvalue weighted by molar-refractivity contribution is 0.418. The van der Waals surface area contributed by atoms with Gasteiger partial charge in [-0.1, -0.05) is 80.9 Å². The monoisotopic (exact) mass is 502 g/mol. The lowest BCUT2D eigenvalue weighted by atomic mass is 9.38. The summed E-state index contributed by atoms with van der Waals surface area (Å²) in [6, 6.07) is 22.3. The van der Waals surface area contributed by atoms with Gasteiger partial charge in [-0.3, -0.25) is 0 Å². The molecular weight excluding hydrogens is 466 g/mol. The van der Waals surface area contributed by atoms with Crippen molar-refractivity contribution >= 4 is 29.4 Å². The van der Waals surface area contributed by atoms with E-state index in [0.717, 1.165) is 35.4 Å². The number of benzene rings is 3. The van der Waals surface area contributed by atoms with Gasteiger partial charge in [-0.05, 0) is 53.5 Å². The lowest BCUT2D eigenvalue weighted by Gasteiger charge is -2.19. The van der Waals surface area contributed by atoms with E-state index >= 15 is 0 Å². The quantitative estimate of drug-likeness (QED) is 0.198. The first-order valence-electron chi connectivity index (χ1n) is 12.6. The lowest BCUT2D eigenvalue weighted by Crippen LogP contribution is -2.43. The number of thioether (sulfide) groups is 1. The Labute approximate surface area is 220 Å². The van der Waals surface area contributed by atoms with Gasteiger partial charge in [-0.2, -0.15) is 0 Å². The van der Waals surface area contributed by atoms with Crippen molar-refractivity contribution in [2.75, 3.05) is 13.4 Å². The molecule has 0 radical (unpaired) electrons. The number of hydrogen-bond acceptors (Lipinski definition) is 3. The topological polar surface area (TPSA) is 37.9 Å². The third-order valence-electron chi connectivity index (χ3n) is 6.23. The highest BCUT2D eigenvalue weighted by Crippen LogP contribution is 2.17. The highest BCUT2D eigenvalue weighted by molar-refractivity contribution is 7.98. The third-order valence-corrected chi connectivity index (χ3v) is 7.04. The van der Waals surface area contributed by atoms with Crippen LogP contribution in [0.3, 0.4) is 0 Å². The van der Waals surface area contributed by atoms with E-state index in [9.17, 15) is 4.39 Å². The molecule has 6 heteroatoms. The normalized spacial score (nSPS) is 10.5. The molecule has 1 heterocycles. The van der Waals surface area contributed by atoms with E-state index in [0.29, 0.717) is 13.1 Å². The predicted octanol–water partition coefficient (Wildman–Crippen LogP) is 6.53. The van der Waals surface area contributed by atoms with Crippen molar-refractivity contribution in [3.63, 3.8) is 0 Å². The zero-order valence-corrected chi connectivity index (χ0v) is 22.6. The van der Waals surface area contributed by atoms with Gasteiger partial charge in [0.1, 0.15) is 17.4 Å². The summed E-state index contributed by atoms with van der Waals surface area (Å²) in [7, 11) is 1.76. The summed E-state index contributed by atoms with van der Waals surface area (Å²) in [4.78, 5) is 8.49. The number of aromatic nitrogens is 2. The van der Waals surface area contributed by atoms with E-state index in [-0.39, 0.29) is 5.82 Å². The van der Waals surface area contributed by atoms with Crippen LogP contribution in [-0.2, 0) is 12.8 Å². The fourth-order valence-electron chi connectivity index (χ4n) is 4.41. The summed E-state index contributed by atoms with van der Waals surface area (Å²) in [6.45, 7) is 4.68. The Bertz CT molecular complexity index is 1150. The molecule has 0 aliphatic rings. The first kappa shape index (κ1) is 27.6. The molecule has 3 aromatic carbocycles. The fraction of sp³-hybridized carbons (Fsp3) is 0.300. The molecule has 1 N–H and O–H groups in total. The summed E-state index contributed by atoms with van der Waals surface area (Å²) in [6.07, 6.45) is 10.7. The summed E-state index contributed by atoms with van der Waals surface area (Å²) in [5, 5.41) is 0. The zero-order chi connectivity index (χ0) is 25.8. The Balaban J connectivity index is 0.000000212. The van der Waals surface area contributed by atoms with Crippen LogP contribution in [0.5, 0.6) is 5.75 Å². The Morgan fingerprint density at radius 1 is 0.972 bits per heavy atom. The van der Waals surface area contributed by atoms with Gasteiger partial charge in [0.25, 0.3) is 0 Å². The van der Waals surface area contributed by atoms with Gasteiger partial charge in [-0.25, -0.2) is 9.37 Å². The minimum Gasteiger partial charge on any atom is -0.497 e. The number of aryl methyl sites for hydroxylation is 1. The summed E-state index contributed by atoms with van der Waals surface area (Å²) in [5.41, 5.74) is 4.70. The molecule has 0 saturated carbocycles. The van der Waals surface area contributed by atoms with Gasteiger partial charge >= 0.3 is 0 Å². The van der Waals surface area contributed by atoms with E-state index in [2.05, 4.69) is 65.6 Å². The maximum atomic E-state index is 13.2. The number of hydrogen-bond donors (Lipinski definition) is 1. The molecule has 3 nitrogen and oxygen atoms in total. The Hall–Kier alpha value is -2.99. The van der Waals surface area contributed by atoms with Crippen LogP contribution >= 0.6 is 11.8 Å². The van der Waals surface area contributed by atoms with Crippen LogP contribution in [0.1, 0.15) is 43.6 Å². The van der Waals surface area contributed by atoms with Crippen molar-refractivity contribution < 1.29 is 9.13 Å². The summed E-state index contributed by atoms with van der Waals surface area (Å²) in [5.74, 6) is 1.69. The number of halogens is 1. The number of para-hydroxylation sites is 1. The average Bonchev–Trinajstić information content (AvgIpc) is 3.42. The van der Waals surface area contributed by atoms with Crippen LogP contribution < -0.4 is 15.7 Å². The molecule has 0 bridgehead atoms. The molecule has 0 unspecified atom stereocenters. The number of rotatable bonds is 10. The minimum atomic E-state index is -0.170. The molecule has 0 atom stereocenters. The number of imidazole rings is 1. The van der Waals surface area contributed by atoms with E-state index in [1.54, 1.807) is 31.6 Å². The number of ether oxygens (including phenoxy) is 1. The van der Waals surface area contributed by atoms with Crippen LogP contribution in [0, 0.1) is 5.82 Å². The van der Waals surface area contributed by atoms with Crippen molar-refractivity contribution in [2.45, 2.75) is 50.7 Å². The number of H-pyrrole nitrogens is 1. The molecule has 0 aliphatic heterocycles. The van der Waals surface area contributed by atoms with Crippen molar-refractivity contribution in [1.82, 2.24) is 9.97 Å².